The molecular formula is C15H23NO3. The van der Waals surface area contributed by atoms with Crippen LogP contribution in [0, 0.1) is 17.2 Å². The maximum absolute atomic E-state index is 10.1. The normalized spacial score (nSPS) is 50.3. The molecule has 3 fully saturated rings. The minimum Gasteiger partial charge on any atom is -0.390 e. The Balaban J connectivity index is 1.75. The van der Waals surface area contributed by atoms with E-state index in [1.54, 1.807) is 0 Å². The van der Waals surface area contributed by atoms with Crippen molar-refractivity contribution in [2.24, 2.45) is 5.92 Å². The van der Waals surface area contributed by atoms with E-state index >= 15 is 0 Å². The summed E-state index contributed by atoms with van der Waals surface area (Å²) in [7, 11) is 0. The Morgan fingerprint density at radius 2 is 2.16 bits per heavy atom. The van der Waals surface area contributed by atoms with Crippen LogP contribution < -0.4 is 0 Å². The van der Waals surface area contributed by atoms with Gasteiger partial charge in [0.25, 0.3) is 0 Å². The molecule has 2 heterocycles. The number of hydrogen-bond acceptors (Lipinski definition) is 4. The maximum atomic E-state index is 10.1. The molecule has 0 aromatic carbocycles. The number of hydrogen-bond donors (Lipinski definition) is 1. The molecule has 0 aromatic heterocycles. The fourth-order valence-electron chi connectivity index (χ4n) is 4.15. The SMILES string of the molecule is C[C@@H](C#N)C[C@H]1CC[C@@H]2O[C@]3(C)C[C@]2(CC[C@H]3O)O1. The molecule has 19 heavy (non-hydrogen) atoms. The van der Waals surface area contributed by atoms with Gasteiger partial charge in [0.2, 0.25) is 0 Å². The van der Waals surface area contributed by atoms with Gasteiger partial charge in [-0.15, -0.1) is 0 Å². The lowest BCUT2D eigenvalue weighted by Gasteiger charge is -2.44. The summed E-state index contributed by atoms with van der Waals surface area (Å²) < 4.78 is 12.5. The van der Waals surface area contributed by atoms with Crippen molar-refractivity contribution < 1.29 is 14.6 Å². The molecule has 4 nitrogen and oxygen atoms in total. The van der Waals surface area contributed by atoms with Crippen LogP contribution in [0.25, 0.3) is 0 Å². The van der Waals surface area contributed by atoms with Crippen LogP contribution in [0.15, 0.2) is 0 Å². The molecule has 0 unspecified atom stereocenters. The third-order valence-corrected chi connectivity index (χ3v) is 5.18. The van der Waals surface area contributed by atoms with Gasteiger partial charge in [0.05, 0.1) is 35.6 Å². The van der Waals surface area contributed by atoms with Gasteiger partial charge >= 0.3 is 0 Å². The summed E-state index contributed by atoms with van der Waals surface area (Å²) in [5.41, 5.74) is -0.634. The molecule has 2 saturated heterocycles. The topological polar surface area (TPSA) is 62.5 Å². The van der Waals surface area contributed by atoms with Gasteiger partial charge in [0.15, 0.2) is 0 Å². The molecule has 0 amide bonds. The molecular weight excluding hydrogens is 242 g/mol. The fraction of sp³-hybridized carbons (Fsp3) is 0.933. The van der Waals surface area contributed by atoms with E-state index in [-0.39, 0.29) is 29.8 Å². The molecule has 2 aliphatic heterocycles. The Morgan fingerprint density at radius 1 is 1.37 bits per heavy atom. The average molecular weight is 265 g/mol. The lowest BCUT2D eigenvalue weighted by molar-refractivity contribution is -0.169. The van der Waals surface area contributed by atoms with Crippen LogP contribution in [0.1, 0.15) is 52.4 Å². The van der Waals surface area contributed by atoms with Crippen LogP contribution in [0.4, 0.5) is 0 Å². The van der Waals surface area contributed by atoms with Crippen molar-refractivity contribution in [3.8, 4) is 6.07 Å². The predicted octanol–water partition coefficient (Wildman–Crippen LogP) is 2.16. The van der Waals surface area contributed by atoms with Gasteiger partial charge in [0, 0.05) is 12.3 Å². The van der Waals surface area contributed by atoms with Gasteiger partial charge in [-0.2, -0.15) is 5.26 Å². The van der Waals surface area contributed by atoms with Crippen molar-refractivity contribution in [3.05, 3.63) is 0 Å². The lowest BCUT2D eigenvalue weighted by Crippen LogP contribution is -2.51. The van der Waals surface area contributed by atoms with Crippen molar-refractivity contribution in [1.82, 2.24) is 0 Å². The molecule has 106 valence electrons. The Hall–Kier alpha value is -0.630. The second-order valence-electron chi connectivity index (χ2n) is 6.80. The summed E-state index contributed by atoms with van der Waals surface area (Å²) >= 11 is 0. The molecule has 2 bridgehead atoms. The number of aliphatic hydroxyl groups excluding tert-OH is 1. The monoisotopic (exact) mass is 265 g/mol. The van der Waals surface area contributed by atoms with Crippen LogP contribution in [-0.2, 0) is 9.47 Å². The number of ether oxygens (including phenoxy) is 2. The second-order valence-corrected chi connectivity index (χ2v) is 6.80. The van der Waals surface area contributed by atoms with E-state index in [9.17, 15) is 5.11 Å². The minimum absolute atomic E-state index is 0.0424. The van der Waals surface area contributed by atoms with Crippen LogP contribution in [0.3, 0.4) is 0 Å². The Kier molecular flexibility index (Phi) is 3.12. The van der Waals surface area contributed by atoms with E-state index in [0.29, 0.717) is 0 Å². The number of rotatable bonds is 2. The highest BCUT2D eigenvalue weighted by Gasteiger charge is 2.62. The quantitative estimate of drug-likeness (QED) is 0.831. The average Bonchev–Trinajstić information content (AvgIpc) is 2.63. The first-order valence-corrected chi connectivity index (χ1v) is 7.41. The molecule has 6 atom stereocenters. The van der Waals surface area contributed by atoms with E-state index in [1.807, 2.05) is 13.8 Å². The molecule has 4 heteroatoms. The molecule has 1 spiro atoms. The molecule has 1 N–H and O–H groups in total. The molecule has 1 saturated carbocycles. The van der Waals surface area contributed by atoms with E-state index in [0.717, 1.165) is 38.5 Å². The molecule has 0 aromatic rings. The number of aliphatic hydroxyl groups is 1. The summed E-state index contributed by atoms with van der Waals surface area (Å²) in [6.45, 7) is 3.96. The fourth-order valence-corrected chi connectivity index (χ4v) is 4.15. The standard InChI is InChI=1S/C15H23NO3/c1-10(8-16)7-11-3-4-13-15(18-11)6-5-12(17)14(2,9-15)19-13/h10-13,17H,3-7,9H2,1-2H3/t10-,11-,12-,13+,14-,15+/m1/s1. The smallest absolute Gasteiger partial charge is 0.0976 e. The Labute approximate surface area is 114 Å². The van der Waals surface area contributed by atoms with Gasteiger partial charge in [-0.1, -0.05) is 0 Å². The molecule has 3 aliphatic rings. The first-order chi connectivity index (χ1) is 8.97. The zero-order valence-corrected chi connectivity index (χ0v) is 11.8. The summed E-state index contributed by atoms with van der Waals surface area (Å²) in [5, 5.41) is 19.1. The van der Waals surface area contributed by atoms with Crippen molar-refractivity contribution in [3.63, 3.8) is 0 Å². The second kappa shape index (κ2) is 4.44. The van der Waals surface area contributed by atoms with Crippen LogP contribution in [0.5, 0.6) is 0 Å². The third-order valence-electron chi connectivity index (χ3n) is 5.18. The first kappa shape index (κ1) is 13.4. The van der Waals surface area contributed by atoms with E-state index in [1.165, 1.54) is 0 Å². The number of fused-ring (bicyclic) bond motifs is 1. The van der Waals surface area contributed by atoms with E-state index < -0.39 is 5.60 Å². The molecule has 1 aliphatic carbocycles. The van der Waals surface area contributed by atoms with Crippen molar-refractivity contribution >= 4 is 0 Å². The van der Waals surface area contributed by atoms with Gasteiger partial charge in [-0.25, -0.2) is 0 Å². The number of nitrogens with zero attached hydrogens (tertiary/aromatic N) is 1. The largest absolute Gasteiger partial charge is 0.390 e. The van der Waals surface area contributed by atoms with Crippen LogP contribution >= 0.6 is 0 Å². The lowest BCUT2D eigenvalue weighted by atomic mass is 9.73. The van der Waals surface area contributed by atoms with Crippen molar-refractivity contribution in [1.29, 1.82) is 5.26 Å². The highest BCUT2D eigenvalue weighted by Crippen LogP contribution is 2.54. The first-order valence-electron chi connectivity index (χ1n) is 7.41. The predicted molar refractivity (Wildman–Crippen MR) is 69.4 cm³/mol. The molecule has 0 radical (unpaired) electrons. The van der Waals surface area contributed by atoms with Gasteiger partial charge in [-0.05, 0) is 46.0 Å². The zero-order valence-electron chi connectivity index (χ0n) is 11.8. The van der Waals surface area contributed by atoms with E-state index in [2.05, 4.69) is 6.07 Å². The van der Waals surface area contributed by atoms with Crippen LogP contribution in [-0.4, -0.2) is 34.6 Å². The Morgan fingerprint density at radius 3 is 2.89 bits per heavy atom. The highest BCUT2D eigenvalue weighted by molar-refractivity contribution is 5.12. The van der Waals surface area contributed by atoms with Crippen LogP contribution in [0.2, 0.25) is 0 Å². The van der Waals surface area contributed by atoms with Gasteiger partial charge in [0.1, 0.15) is 0 Å². The minimum atomic E-state index is -0.432. The summed E-state index contributed by atoms with van der Waals surface area (Å²) in [6, 6.07) is 2.29. The summed E-state index contributed by atoms with van der Waals surface area (Å²) in [4.78, 5) is 0. The van der Waals surface area contributed by atoms with Gasteiger partial charge in [-0.3, -0.25) is 0 Å². The van der Waals surface area contributed by atoms with Crippen molar-refractivity contribution in [2.45, 2.75) is 81.9 Å². The Bertz CT molecular complexity index is 407. The highest BCUT2D eigenvalue weighted by atomic mass is 16.6. The third kappa shape index (κ3) is 2.08. The molecule has 3 rings (SSSR count). The van der Waals surface area contributed by atoms with Crippen molar-refractivity contribution in [2.75, 3.05) is 0 Å². The number of nitriles is 1. The van der Waals surface area contributed by atoms with E-state index in [4.69, 9.17) is 14.7 Å². The zero-order chi connectivity index (χ0) is 13.7. The van der Waals surface area contributed by atoms with Gasteiger partial charge < -0.3 is 14.6 Å². The summed E-state index contributed by atoms with van der Waals surface area (Å²) in [5.74, 6) is 0.0424. The summed E-state index contributed by atoms with van der Waals surface area (Å²) in [6.07, 6.45) is 5.13. The maximum Gasteiger partial charge on any atom is 0.0976 e.